The summed E-state index contributed by atoms with van der Waals surface area (Å²) in [6.07, 6.45) is 0. The van der Waals surface area contributed by atoms with Crippen LogP contribution in [0.15, 0.2) is 41.2 Å². The van der Waals surface area contributed by atoms with Crippen LogP contribution in [0.1, 0.15) is 16.1 Å². The van der Waals surface area contributed by atoms with E-state index < -0.39 is 11.8 Å². The number of benzene rings is 2. The maximum atomic E-state index is 13.9. The van der Waals surface area contributed by atoms with E-state index >= 15 is 0 Å². The van der Waals surface area contributed by atoms with Gasteiger partial charge >= 0.3 is 5.97 Å². The van der Waals surface area contributed by atoms with Gasteiger partial charge in [-0.2, -0.15) is 0 Å². The Kier molecular flexibility index (Phi) is 3.81. The van der Waals surface area contributed by atoms with Gasteiger partial charge in [0.25, 0.3) is 0 Å². The minimum atomic E-state index is -1.04. The fourth-order valence-electron chi connectivity index (χ4n) is 2.70. The number of aromatic amines is 1. The van der Waals surface area contributed by atoms with Crippen molar-refractivity contribution in [1.29, 1.82) is 0 Å². The summed E-state index contributed by atoms with van der Waals surface area (Å²) >= 11 is 0. The lowest BCUT2D eigenvalue weighted by molar-refractivity contribution is 0.0697. The van der Waals surface area contributed by atoms with Gasteiger partial charge in [-0.3, -0.25) is 4.79 Å². The second-order valence-electron chi connectivity index (χ2n) is 5.37. The number of aromatic nitrogens is 1. The summed E-state index contributed by atoms with van der Waals surface area (Å²) in [5.74, 6) is -1.61. The molecule has 1 heterocycles. The number of carboxylic acids is 1. The molecule has 0 atom stereocenters. The number of H-pyrrole nitrogens is 1. The molecule has 3 aromatic rings. The van der Waals surface area contributed by atoms with E-state index in [4.69, 9.17) is 9.84 Å². The Morgan fingerprint density at radius 1 is 1.21 bits per heavy atom. The largest absolute Gasteiger partial charge is 0.494 e. The number of halogens is 1. The van der Waals surface area contributed by atoms with Crippen molar-refractivity contribution in [3.8, 4) is 16.9 Å². The number of ether oxygens (including phenoxy) is 1. The van der Waals surface area contributed by atoms with Gasteiger partial charge in [0.05, 0.1) is 18.2 Å². The van der Waals surface area contributed by atoms with E-state index in [0.717, 1.165) is 6.07 Å². The summed E-state index contributed by atoms with van der Waals surface area (Å²) in [5, 5.41) is 9.16. The number of aryl methyl sites for hydroxylation is 1. The average molecular weight is 327 g/mol. The van der Waals surface area contributed by atoms with Crippen molar-refractivity contribution >= 4 is 16.9 Å². The highest BCUT2D eigenvalue weighted by atomic mass is 19.1. The van der Waals surface area contributed by atoms with Crippen molar-refractivity contribution in [2.24, 2.45) is 0 Å². The number of rotatable bonds is 3. The third-order valence-electron chi connectivity index (χ3n) is 3.88. The van der Waals surface area contributed by atoms with Gasteiger partial charge in [-0.25, -0.2) is 9.18 Å². The van der Waals surface area contributed by atoms with Crippen LogP contribution in [0.4, 0.5) is 4.39 Å². The number of hydrogen-bond donors (Lipinski definition) is 2. The van der Waals surface area contributed by atoms with E-state index in [0.29, 0.717) is 22.3 Å². The third kappa shape index (κ3) is 2.52. The molecule has 0 fully saturated rings. The minimum absolute atomic E-state index is 0.0520. The topological polar surface area (TPSA) is 79.4 Å². The molecule has 6 heteroatoms. The summed E-state index contributed by atoms with van der Waals surface area (Å²) in [6.45, 7) is 1.73. The van der Waals surface area contributed by atoms with Crippen LogP contribution >= 0.6 is 0 Å². The first-order valence-corrected chi connectivity index (χ1v) is 7.16. The Morgan fingerprint density at radius 2 is 1.88 bits per heavy atom. The lowest BCUT2D eigenvalue weighted by atomic mass is 10.00. The number of fused-ring (bicyclic) bond motifs is 1. The highest BCUT2D eigenvalue weighted by molar-refractivity contribution is 5.89. The molecular weight excluding hydrogens is 313 g/mol. The van der Waals surface area contributed by atoms with Gasteiger partial charge in [-0.15, -0.1) is 0 Å². The predicted octanol–water partition coefficient (Wildman–Crippen LogP) is 3.35. The summed E-state index contributed by atoms with van der Waals surface area (Å²) in [4.78, 5) is 26.8. The summed E-state index contributed by atoms with van der Waals surface area (Å²) in [6, 6.07) is 8.56. The first kappa shape index (κ1) is 15.7. The average Bonchev–Trinajstić information content (AvgIpc) is 2.55. The zero-order chi connectivity index (χ0) is 17.4. The Balaban J connectivity index is 2.25. The molecular formula is C18H14FNO4. The van der Waals surface area contributed by atoms with Gasteiger partial charge in [-0.05, 0) is 30.7 Å². The van der Waals surface area contributed by atoms with Gasteiger partial charge in [0.15, 0.2) is 17.0 Å². The van der Waals surface area contributed by atoms with Crippen LogP contribution in [0, 0.1) is 12.7 Å². The van der Waals surface area contributed by atoms with Crippen LogP contribution in [-0.2, 0) is 0 Å². The van der Waals surface area contributed by atoms with Crippen LogP contribution in [0.3, 0.4) is 0 Å². The zero-order valence-electron chi connectivity index (χ0n) is 13.0. The van der Waals surface area contributed by atoms with Gasteiger partial charge in [0.2, 0.25) is 0 Å². The molecule has 0 saturated carbocycles. The molecule has 0 amide bonds. The zero-order valence-corrected chi connectivity index (χ0v) is 13.0. The van der Waals surface area contributed by atoms with Crippen molar-refractivity contribution < 1.29 is 19.0 Å². The van der Waals surface area contributed by atoms with E-state index in [2.05, 4.69) is 4.98 Å². The van der Waals surface area contributed by atoms with Crippen molar-refractivity contribution in [3.63, 3.8) is 0 Å². The summed E-state index contributed by atoms with van der Waals surface area (Å²) in [5.41, 5.74) is 1.82. The molecule has 0 aliphatic heterocycles. The predicted molar refractivity (Wildman–Crippen MR) is 88.2 cm³/mol. The highest BCUT2D eigenvalue weighted by Crippen LogP contribution is 2.26. The Labute approximate surface area is 136 Å². The standard InChI is InChI=1S/C18H14FNO4/c1-9-16(10-3-5-11(6-4-10)18(22)23)17(21)12-7-13(19)15(24-2)8-14(12)20-9/h3-8H,1-2H3,(H,20,21)(H,22,23). The molecule has 0 aliphatic carbocycles. The summed E-state index contributed by atoms with van der Waals surface area (Å²) < 4.78 is 18.9. The molecule has 2 aromatic carbocycles. The minimum Gasteiger partial charge on any atom is -0.494 e. The molecule has 3 rings (SSSR count). The molecule has 0 radical (unpaired) electrons. The maximum absolute atomic E-state index is 13.9. The molecule has 0 spiro atoms. The van der Waals surface area contributed by atoms with E-state index in [1.54, 1.807) is 19.1 Å². The quantitative estimate of drug-likeness (QED) is 0.773. The van der Waals surface area contributed by atoms with Crippen LogP contribution in [-0.4, -0.2) is 23.2 Å². The molecule has 0 unspecified atom stereocenters. The number of hydrogen-bond acceptors (Lipinski definition) is 3. The maximum Gasteiger partial charge on any atom is 0.335 e. The number of carboxylic acid groups (broad SMARTS) is 1. The number of nitrogens with one attached hydrogen (secondary N) is 1. The second kappa shape index (κ2) is 5.81. The van der Waals surface area contributed by atoms with Crippen molar-refractivity contribution in [3.05, 3.63) is 63.7 Å². The summed E-state index contributed by atoms with van der Waals surface area (Å²) in [7, 11) is 1.35. The van der Waals surface area contributed by atoms with Crippen LogP contribution in [0.2, 0.25) is 0 Å². The van der Waals surface area contributed by atoms with E-state index in [-0.39, 0.29) is 22.1 Å². The van der Waals surface area contributed by atoms with Gasteiger partial charge in [0.1, 0.15) is 0 Å². The molecule has 122 valence electrons. The van der Waals surface area contributed by atoms with Gasteiger partial charge < -0.3 is 14.8 Å². The number of pyridine rings is 1. The Morgan fingerprint density at radius 3 is 2.46 bits per heavy atom. The van der Waals surface area contributed by atoms with Crippen LogP contribution in [0.25, 0.3) is 22.0 Å². The van der Waals surface area contributed by atoms with Crippen molar-refractivity contribution in [2.45, 2.75) is 6.92 Å². The van der Waals surface area contributed by atoms with E-state index in [1.165, 1.54) is 25.3 Å². The molecule has 24 heavy (non-hydrogen) atoms. The monoisotopic (exact) mass is 327 g/mol. The Hall–Kier alpha value is -3.15. The fourth-order valence-corrected chi connectivity index (χ4v) is 2.70. The van der Waals surface area contributed by atoms with Crippen molar-refractivity contribution in [2.75, 3.05) is 7.11 Å². The number of aromatic carboxylic acids is 1. The van der Waals surface area contributed by atoms with E-state index in [1.807, 2.05) is 0 Å². The third-order valence-corrected chi connectivity index (χ3v) is 3.88. The lowest BCUT2D eigenvalue weighted by Crippen LogP contribution is -2.10. The molecule has 1 aromatic heterocycles. The smallest absolute Gasteiger partial charge is 0.335 e. The van der Waals surface area contributed by atoms with Crippen molar-refractivity contribution in [1.82, 2.24) is 4.98 Å². The Bertz CT molecular complexity index is 1010. The molecule has 0 aliphatic rings. The number of methoxy groups -OCH3 is 1. The van der Waals surface area contributed by atoms with E-state index in [9.17, 15) is 14.0 Å². The van der Waals surface area contributed by atoms with Crippen LogP contribution < -0.4 is 10.2 Å². The SMILES string of the molecule is COc1cc2[nH]c(C)c(-c3ccc(C(=O)O)cc3)c(=O)c2cc1F. The normalized spacial score (nSPS) is 10.8. The van der Waals surface area contributed by atoms with Gasteiger partial charge in [-0.1, -0.05) is 12.1 Å². The molecule has 0 saturated heterocycles. The fraction of sp³-hybridized carbons (Fsp3) is 0.111. The lowest BCUT2D eigenvalue weighted by Gasteiger charge is -2.10. The van der Waals surface area contributed by atoms with Gasteiger partial charge in [0, 0.05) is 22.7 Å². The highest BCUT2D eigenvalue weighted by Gasteiger charge is 2.15. The first-order valence-electron chi connectivity index (χ1n) is 7.16. The van der Waals surface area contributed by atoms with Crippen LogP contribution in [0.5, 0.6) is 5.75 Å². The molecule has 5 nitrogen and oxygen atoms in total. The molecule has 2 N–H and O–H groups in total. The second-order valence-corrected chi connectivity index (χ2v) is 5.37. The number of carbonyl (C=O) groups is 1. The first-order chi connectivity index (χ1) is 11.4. The molecule has 0 bridgehead atoms.